The predicted molar refractivity (Wildman–Crippen MR) is 79.8 cm³/mol. The Bertz CT molecular complexity index is 688. The Morgan fingerprint density at radius 2 is 2.10 bits per heavy atom. The fourth-order valence-corrected chi connectivity index (χ4v) is 1.60. The fraction of sp³-hybridized carbons (Fsp3) is 0.0667. The van der Waals surface area contributed by atoms with Crippen LogP contribution in [0.25, 0.3) is 0 Å². The van der Waals surface area contributed by atoms with Crippen molar-refractivity contribution in [3.05, 3.63) is 60.3 Å². The summed E-state index contributed by atoms with van der Waals surface area (Å²) in [5.41, 5.74) is 1.01. The minimum atomic E-state index is -0.416. The zero-order valence-electron chi connectivity index (χ0n) is 11.2. The second-order valence-corrected chi connectivity index (χ2v) is 4.08. The summed E-state index contributed by atoms with van der Waals surface area (Å²) in [5.74, 6) is 0.143. The Morgan fingerprint density at radius 1 is 1.29 bits per heavy atom. The van der Waals surface area contributed by atoms with Crippen LogP contribution in [0.15, 0.2) is 49.1 Å². The summed E-state index contributed by atoms with van der Waals surface area (Å²) in [6.07, 6.45) is 1.70. The number of hydrogen-bond acceptors (Lipinski definition) is 5. The number of nitrogens with one attached hydrogen (secondary N) is 2. The Balaban J connectivity index is 2.10. The van der Waals surface area contributed by atoms with Crippen molar-refractivity contribution in [2.45, 2.75) is 0 Å². The van der Waals surface area contributed by atoms with Crippen LogP contribution in [0.5, 0.6) is 0 Å². The van der Waals surface area contributed by atoms with E-state index in [4.69, 9.17) is 5.26 Å². The first kappa shape index (κ1) is 14.2. The van der Waals surface area contributed by atoms with Crippen LogP contribution < -0.4 is 10.6 Å². The predicted octanol–water partition coefficient (Wildman–Crippen LogP) is 2.20. The van der Waals surface area contributed by atoms with Gasteiger partial charge in [-0.25, -0.2) is 0 Å². The number of para-hydroxylation sites is 1. The van der Waals surface area contributed by atoms with Gasteiger partial charge < -0.3 is 10.6 Å². The molecule has 6 nitrogen and oxygen atoms in total. The molecule has 0 aliphatic heterocycles. The highest BCUT2D eigenvalue weighted by Gasteiger charge is 2.10. The monoisotopic (exact) mass is 279 g/mol. The number of nitriles is 1. The van der Waals surface area contributed by atoms with Gasteiger partial charge in [0.1, 0.15) is 11.9 Å². The summed E-state index contributed by atoms with van der Waals surface area (Å²) in [4.78, 5) is 12.0. The molecule has 0 atom stereocenters. The highest BCUT2D eigenvalue weighted by atomic mass is 16.1. The fourth-order valence-electron chi connectivity index (χ4n) is 1.60. The van der Waals surface area contributed by atoms with E-state index < -0.39 is 5.91 Å². The summed E-state index contributed by atoms with van der Waals surface area (Å²) in [6, 6.07) is 12.0. The lowest BCUT2D eigenvalue weighted by molar-refractivity contribution is 0.102. The standard InChI is InChI=1S/C15H13N5O/c1-2-9-17-14-8-7-13(19-20-14)15(21)18-12-6-4-3-5-11(12)10-16/h2-8H,1,9H2,(H,17,20)(H,18,21). The Morgan fingerprint density at radius 3 is 2.76 bits per heavy atom. The zero-order chi connectivity index (χ0) is 15.1. The van der Waals surface area contributed by atoms with Gasteiger partial charge in [-0.1, -0.05) is 18.2 Å². The van der Waals surface area contributed by atoms with Crippen molar-refractivity contribution >= 4 is 17.4 Å². The molecule has 0 aliphatic rings. The molecule has 6 heteroatoms. The molecule has 0 fully saturated rings. The maximum Gasteiger partial charge on any atom is 0.276 e. The molecule has 1 aromatic carbocycles. The van der Waals surface area contributed by atoms with Crippen LogP contribution in [0.3, 0.4) is 0 Å². The van der Waals surface area contributed by atoms with Crippen molar-refractivity contribution in [3.63, 3.8) is 0 Å². The number of carbonyl (C=O) groups is 1. The van der Waals surface area contributed by atoms with Crippen molar-refractivity contribution in [1.29, 1.82) is 5.26 Å². The molecule has 0 unspecified atom stereocenters. The van der Waals surface area contributed by atoms with Crippen molar-refractivity contribution in [2.75, 3.05) is 17.2 Å². The molecule has 0 bridgehead atoms. The van der Waals surface area contributed by atoms with Crippen molar-refractivity contribution in [2.24, 2.45) is 0 Å². The normalized spacial score (nSPS) is 9.48. The molecule has 0 saturated carbocycles. The number of rotatable bonds is 5. The maximum atomic E-state index is 12.0. The maximum absolute atomic E-state index is 12.0. The smallest absolute Gasteiger partial charge is 0.276 e. The van der Waals surface area contributed by atoms with Gasteiger partial charge in [0.05, 0.1) is 11.3 Å². The van der Waals surface area contributed by atoms with E-state index in [-0.39, 0.29) is 5.69 Å². The van der Waals surface area contributed by atoms with Crippen molar-refractivity contribution < 1.29 is 4.79 Å². The Hall–Kier alpha value is -3.20. The third-order valence-corrected chi connectivity index (χ3v) is 2.62. The molecule has 1 amide bonds. The van der Waals surface area contributed by atoms with Gasteiger partial charge in [-0.05, 0) is 24.3 Å². The van der Waals surface area contributed by atoms with Crippen molar-refractivity contribution in [3.8, 4) is 6.07 Å². The van der Waals surface area contributed by atoms with E-state index >= 15 is 0 Å². The summed E-state index contributed by atoms with van der Waals surface area (Å²) < 4.78 is 0. The first-order chi connectivity index (χ1) is 10.2. The molecule has 2 rings (SSSR count). The quantitative estimate of drug-likeness (QED) is 0.819. The average molecular weight is 279 g/mol. The molecule has 0 radical (unpaired) electrons. The number of aromatic nitrogens is 2. The van der Waals surface area contributed by atoms with Gasteiger partial charge >= 0.3 is 0 Å². The number of benzene rings is 1. The van der Waals surface area contributed by atoms with Crippen LogP contribution in [0.4, 0.5) is 11.5 Å². The van der Waals surface area contributed by atoms with E-state index in [0.29, 0.717) is 23.6 Å². The number of amides is 1. The first-order valence-electron chi connectivity index (χ1n) is 6.23. The van der Waals surface area contributed by atoms with Crippen LogP contribution in [0.2, 0.25) is 0 Å². The van der Waals surface area contributed by atoms with E-state index in [0.717, 1.165) is 0 Å². The van der Waals surface area contributed by atoms with E-state index in [2.05, 4.69) is 27.4 Å². The summed E-state index contributed by atoms with van der Waals surface area (Å²) >= 11 is 0. The Labute approximate surface area is 122 Å². The third kappa shape index (κ3) is 3.64. The van der Waals surface area contributed by atoms with Gasteiger partial charge in [0.25, 0.3) is 5.91 Å². The first-order valence-corrected chi connectivity index (χ1v) is 6.23. The van der Waals surface area contributed by atoms with Gasteiger partial charge in [-0.3, -0.25) is 4.79 Å². The topological polar surface area (TPSA) is 90.7 Å². The minimum Gasteiger partial charge on any atom is -0.365 e. The molecule has 104 valence electrons. The number of nitrogens with zero attached hydrogens (tertiary/aromatic N) is 3. The molecule has 0 spiro atoms. The molecule has 0 aliphatic carbocycles. The molecule has 2 N–H and O–H groups in total. The van der Waals surface area contributed by atoms with Crippen LogP contribution >= 0.6 is 0 Å². The second-order valence-electron chi connectivity index (χ2n) is 4.08. The number of carbonyl (C=O) groups excluding carboxylic acids is 1. The van der Waals surface area contributed by atoms with E-state index in [1.807, 2.05) is 6.07 Å². The van der Waals surface area contributed by atoms with Gasteiger partial charge in [0.15, 0.2) is 5.69 Å². The SMILES string of the molecule is C=CCNc1ccc(C(=O)Nc2ccccc2C#N)nn1. The van der Waals surface area contributed by atoms with E-state index in [1.54, 1.807) is 42.5 Å². The second kappa shape index (κ2) is 6.82. The molecular weight excluding hydrogens is 266 g/mol. The van der Waals surface area contributed by atoms with Gasteiger partial charge in [0.2, 0.25) is 0 Å². The average Bonchev–Trinajstić information content (AvgIpc) is 2.54. The summed E-state index contributed by atoms with van der Waals surface area (Å²) in [7, 11) is 0. The van der Waals surface area contributed by atoms with Crippen LogP contribution in [-0.4, -0.2) is 22.6 Å². The van der Waals surface area contributed by atoms with Gasteiger partial charge in [-0.15, -0.1) is 16.8 Å². The van der Waals surface area contributed by atoms with E-state index in [1.165, 1.54) is 0 Å². The number of hydrogen-bond donors (Lipinski definition) is 2. The van der Waals surface area contributed by atoms with Crippen LogP contribution in [0.1, 0.15) is 16.1 Å². The van der Waals surface area contributed by atoms with E-state index in [9.17, 15) is 4.79 Å². The molecule has 1 heterocycles. The molecule has 2 aromatic rings. The molecular formula is C15H13N5O. The highest BCUT2D eigenvalue weighted by Crippen LogP contribution is 2.14. The summed E-state index contributed by atoms with van der Waals surface area (Å²) in [6.45, 7) is 4.15. The lowest BCUT2D eigenvalue weighted by Crippen LogP contribution is -2.15. The molecule has 21 heavy (non-hydrogen) atoms. The number of anilines is 2. The Kier molecular flexibility index (Phi) is 4.62. The van der Waals surface area contributed by atoms with Gasteiger partial charge in [0, 0.05) is 6.54 Å². The minimum absolute atomic E-state index is 0.173. The van der Waals surface area contributed by atoms with Crippen LogP contribution in [0, 0.1) is 11.3 Å². The largest absolute Gasteiger partial charge is 0.365 e. The lowest BCUT2D eigenvalue weighted by Gasteiger charge is -2.06. The van der Waals surface area contributed by atoms with Crippen LogP contribution in [-0.2, 0) is 0 Å². The van der Waals surface area contributed by atoms with Crippen molar-refractivity contribution in [1.82, 2.24) is 10.2 Å². The third-order valence-electron chi connectivity index (χ3n) is 2.62. The summed E-state index contributed by atoms with van der Waals surface area (Å²) in [5, 5.41) is 22.3. The molecule has 0 saturated heterocycles. The highest BCUT2D eigenvalue weighted by molar-refractivity contribution is 6.03. The molecule has 1 aromatic heterocycles. The van der Waals surface area contributed by atoms with Gasteiger partial charge in [-0.2, -0.15) is 5.26 Å². The zero-order valence-corrected chi connectivity index (χ0v) is 11.2. The lowest BCUT2D eigenvalue weighted by atomic mass is 10.2.